The van der Waals surface area contributed by atoms with Crippen LogP contribution >= 0.6 is 0 Å². The molecule has 16 heavy (non-hydrogen) atoms. The molecule has 0 radical (unpaired) electrons. The van der Waals surface area contributed by atoms with Crippen molar-refractivity contribution in [3.63, 3.8) is 0 Å². The van der Waals surface area contributed by atoms with Crippen LogP contribution in [0.5, 0.6) is 0 Å². The number of nitrogen functional groups attached to an aromatic ring is 1. The van der Waals surface area contributed by atoms with Crippen LogP contribution in [-0.4, -0.2) is 14.9 Å². The van der Waals surface area contributed by atoms with Crippen LogP contribution in [0.2, 0.25) is 0 Å². The first-order valence-corrected chi connectivity index (χ1v) is 5.06. The molecule has 0 aromatic carbocycles. The van der Waals surface area contributed by atoms with Crippen molar-refractivity contribution in [2.45, 2.75) is 18.8 Å². The van der Waals surface area contributed by atoms with Crippen molar-refractivity contribution in [2.75, 3.05) is 5.84 Å². The highest BCUT2D eigenvalue weighted by Crippen LogP contribution is 2.37. The zero-order chi connectivity index (χ0) is 11.1. The maximum absolute atomic E-state index is 11.9. The minimum absolute atomic E-state index is 0.150. The summed E-state index contributed by atoms with van der Waals surface area (Å²) in [5, 5.41) is 7.87. The third kappa shape index (κ3) is 1.30. The lowest BCUT2D eigenvalue weighted by Crippen LogP contribution is -2.33. The fraction of sp³-hybridized carbons (Fsp3) is 0.300. The number of nitrogens with zero attached hydrogens (tertiary/aromatic N) is 3. The van der Waals surface area contributed by atoms with Gasteiger partial charge >= 0.3 is 5.56 Å². The van der Waals surface area contributed by atoms with Crippen LogP contribution in [-0.2, 0) is 0 Å². The summed E-state index contributed by atoms with van der Waals surface area (Å²) in [4.78, 5) is 11.9. The summed E-state index contributed by atoms with van der Waals surface area (Å²) >= 11 is 0. The Morgan fingerprint density at radius 3 is 2.88 bits per heavy atom. The van der Waals surface area contributed by atoms with Crippen LogP contribution < -0.4 is 11.4 Å². The van der Waals surface area contributed by atoms with E-state index in [0.29, 0.717) is 11.6 Å². The number of furan rings is 1. The van der Waals surface area contributed by atoms with Crippen molar-refractivity contribution < 1.29 is 4.42 Å². The van der Waals surface area contributed by atoms with Gasteiger partial charge in [-0.25, -0.2) is 4.68 Å². The molecule has 82 valence electrons. The van der Waals surface area contributed by atoms with Crippen molar-refractivity contribution in [3.05, 3.63) is 34.6 Å². The molecule has 0 atom stereocenters. The molecule has 0 amide bonds. The summed E-state index contributed by atoms with van der Waals surface area (Å²) in [5.74, 6) is 6.92. The van der Waals surface area contributed by atoms with Crippen LogP contribution in [0.25, 0.3) is 11.5 Å². The molecular formula is C10H10N4O2. The molecule has 2 heterocycles. The quantitative estimate of drug-likeness (QED) is 0.741. The van der Waals surface area contributed by atoms with Gasteiger partial charge in [-0.15, -0.1) is 10.2 Å². The predicted octanol–water partition coefficient (Wildman–Crippen LogP) is 0.489. The molecule has 0 saturated heterocycles. The highest BCUT2D eigenvalue weighted by atomic mass is 16.3. The summed E-state index contributed by atoms with van der Waals surface area (Å²) in [5.41, 5.74) is -0.219. The van der Waals surface area contributed by atoms with E-state index in [4.69, 9.17) is 10.3 Å². The van der Waals surface area contributed by atoms with E-state index in [-0.39, 0.29) is 17.2 Å². The van der Waals surface area contributed by atoms with Gasteiger partial charge in [0.1, 0.15) is 0 Å². The van der Waals surface area contributed by atoms with E-state index in [1.54, 1.807) is 12.1 Å². The zero-order valence-corrected chi connectivity index (χ0v) is 8.46. The van der Waals surface area contributed by atoms with Gasteiger partial charge in [-0.05, 0) is 25.0 Å². The molecule has 1 aliphatic carbocycles. The Hall–Kier alpha value is -2.11. The standard InChI is InChI=1S/C10H10N4O2/c11-14-9(6-3-4-6)13-12-8(10(14)15)7-2-1-5-16-7/h1-2,5-6H,3-4,11H2. The molecule has 0 aliphatic heterocycles. The highest BCUT2D eigenvalue weighted by Gasteiger charge is 2.29. The van der Waals surface area contributed by atoms with Crippen LogP contribution in [0.15, 0.2) is 27.6 Å². The van der Waals surface area contributed by atoms with Gasteiger partial charge in [-0.1, -0.05) is 0 Å². The average Bonchev–Trinajstić information content (AvgIpc) is 2.98. The lowest BCUT2D eigenvalue weighted by Gasteiger charge is -2.04. The summed E-state index contributed by atoms with van der Waals surface area (Å²) in [6.07, 6.45) is 3.52. The lowest BCUT2D eigenvalue weighted by molar-refractivity contribution is 0.574. The first-order valence-electron chi connectivity index (χ1n) is 5.06. The van der Waals surface area contributed by atoms with Crippen LogP contribution in [0.4, 0.5) is 0 Å². The minimum atomic E-state index is -0.369. The molecule has 2 aromatic heterocycles. The molecule has 1 aliphatic rings. The number of aromatic nitrogens is 3. The van der Waals surface area contributed by atoms with E-state index in [9.17, 15) is 4.79 Å². The molecular weight excluding hydrogens is 208 g/mol. The Bertz CT molecular complexity index is 569. The van der Waals surface area contributed by atoms with Crippen molar-refractivity contribution in [2.24, 2.45) is 0 Å². The third-order valence-electron chi connectivity index (χ3n) is 2.62. The van der Waals surface area contributed by atoms with Crippen LogP contribution in [0.3, 0.4) is 0 Å². The Morgan fingerprint density at radius 1 is 1.44 bits per heavy atom. The molecule has 2 aromatic rings. The Morgan fingerprint density at radius 2 is 2.25 bits per heavy atom. The Kier molecular flexibility index (Phi) is 1.82. The van der Waals surface area contributed by atoms with E-state index in [1.165, 1.54) is 6.26 Å². The fourth-order valence-electron chi connectivity index (χ4n) is 1.60. The number of rotatable bonds is 2. The Labute approximate surface area is 90.7 Å². The molecule has 2 N–H and O–H groups in total. The van der Waals surface area contributed by atoms with Crippen molar-refractivity contribution in [3.8, 4) is 11.5 Å². The zero-order valence-electron chi connectivity index (χ0n) is 8.46. The van der Waals surface area contributed by atoms with Gasteiger partial charge < -0.3 is 10.3 Å². The summed E-state index contributed by atoms with van der Waals surface area (Å²) < 4.78 is 6.17. The van der Waals surface area contributed by atoms with Gasteiger partial charge in [0.05, 0.1) is 6.26 Å². The van der Waals surface area contributed by atoms with E-state index in [2.05, 4.69) is 10.2 Å². The predicted molar refractivity (Wildman–Crippen MR) is 56.1 cm³/mol. The first-order chi connectivity index (χ1) is 7.77. The smallest absolute Gasteiger partial charge is 0.302 e. The monoisotopic (exact) mass is 218 g/mol. The third-order valence-corrected chi connectivity index (χ3v) is 2.62. The van der Waals surface area contributed by atoms with Crippen molar-refractivity contribution in [1.82, 2.24) is 14.9 Å². The van der Waals surface area contributed by atoms with Gasteiger partial charge in [0.25, 0.3) is 0 Å². The normalized spacial score (nSPS) is 15.2. The molecule has 6 nitrogen and oxygen atoms in total. The van der Waals surface area contributed by atoms with Gasteiger partial charge in [0.2, 0.25) is 0 Å². The highest BCUT2D eigenvalue weighted by molar-refractivity contribution is 5.49. The van der Waals surface area contributed by atoms with E-state index >= 15 is 0 Å². The molecule has 3 rings (SSSR count). The minimum Gasteiger partial charge on any atom is -0.462 e. The van der Waals surface area contributed by atoms with E-state index in [0.717, 1.165) is 17.5 Å². The molecule has 6 heteroatoms. The van der Waals surface area contributed by atoms with E-state index in [1.807, 2.05) is 0 Å². The second-order valence-corrected chi connectivity index (χ2v) is 3.83. The molecule has 1 saturated carbocycles. The van der Waals surface area contributed by atoms with Gasteiger partial charge in [0, 0.05) is 5.92 Å². The van der Waals surface area contributed by atoms with Gasteiger partial charge in [0.15, 0.2) is 17.3 Å². The summed E-state index contributed by atoms with van der Waals surface area (Å²) in [6, 6.07) is 3.34. The fourth-order valence-corrected chi connectivity index (χ4v) is 1.60. The first kappa shape index (κ1) is 9.14. The number of hydrogen-bond donors (Lipinski definition) is 1. The second-order valence-electron chi connectivity index (χ2n) is 3.83. The molecule has 0 spiro atoms. The van der Waals surface area contributed by atoms with Gasteiger partial charge in [-0.2, -0.15) is 0 Å². The summed E-state index contributed by atoms with van der Waals surface area (Å²) in [6.45, 7) is 0. The maximum Gasteiger partial charge on any atom is 0.302 e. The van der Waals surface area contributed by atoms with E-state index < -0.39 is 0 Å². The maximum atomic E-state index is 11.9. The summed E-state index contributed by atoms with van der Waals surface area (Å²) in [7, 11) is 0. The molecule has 1 fully saturated rings. The van der Waals surface area contributed by atoms with Gasteiger partial charge in [-0.3, -0.25) is 4.79 Å². The largest absolute Gasteiger partial charge is 0.462 e. The second kappa shape index (κ2) is 3.19. The number of nitrogens with two attached hydrogens (primary N) is 1. The van der Waals surface area contributed by atoms with Crippen LogP contribution in [0, 0.1) is 0 Å². The van der Waals surface area contributed by atoms with Crippen LogP contribution in [0.1, 0.15) is 24.6 Å². The SMILES string of the molecule is Nn1c(C2CC2)nnc(-c2ccco2)c1=O. The topological polar surface area (TPSA) is 86.9 Å². The van der Waals surface area contributed by atoms with Crippen molar-refractivity contribution in [1.29, 1.82) is 0 Å². The van der Waals surface area contributed by atoms with Crippen molar-refractivity contribution >= 4 is 0 Å². The average molecular weight is 218 g/mol. The molecule has 0 unspecified atom stereocenters. The lowest BCUT2D eigenvalue weighted by atomic mass is 10.3. The number of hydrogen-bond acceptors (Lipinski definition) is 5. The Balaban J connectivity index is 2.15. The molecule has 0 bridgehead atoms.